The van der Waals surface area contributed by atoms with E-state index >= 15 is 0 Å². The van der Waals surface area contributed by atoms with Gasteiger partial charge in [0.2, 0.25) is 0 Å². The summed E-state index contributed by atoms with van der Waals surface area (Å²) in [6.45, 7) is 0. The van der Waals surface area contributed by atoms with E-state index in [0.717, 1.165) is 6.42 Å². The minimum absolute atomic E-state index is 0.366. The summed E-state index contributed by atoms with van der Waals surface area (Å²) in [6.07, 6.45) is 1.93. The maximum absolute atomic E-state index is 12.9. The number of carbonyl (C=O) groups is 1. The average Bonchev–Trinajstić information content (AvgIpc) is 2.05. The molecule has 1 aliphatic rings. The summed E-state index contributed by atoms with van der Waals surface area (Å²) in [6, 6.07) is 4.21. The third kappa shape index (κ3) is 1.24. The third-order valence-electron chi connectivity index (χ3n) is 2.98. The van der Waals surface area contributed by atoms with Crippen molar-refractivity contribution in [3.8, 4) is 0 Å². The van der Waals surface area contributed by atoms with Crippen molar-refractivity contribution in [2.45, 2.75) is 24.7 Å². The standard InChI is InChI=1S/C11H10F2O/c12-9-4-2-8(3-5-9)11(10(13)14)6-1-7-11/h2-5H,1,6-7H2. The second-order valence-corrected chi connectivity index (χ2v) is 3.72. The van der Waals surface area contributed by atoms with E-state index in [1.54, 1.807) is 0 Å². The molecule has 0 radical (unpaired) electrons. The quantitative estimate of drug-likeness (QED) is 0.665. The highest BCUT2D eigenvalue weighted by Gasteiger charge is 2.45. The zero-order chi connectivity index (χ0) is 10.2. The summed E-state index contributed by atoms with van der Waals surface area (Å²) < 4.78 is 25.5. The number of hydrogen-bond acceptors (Lipinski definition) is 1. The summed E-state index contributed by atoms with van der Waals surface area (Å²) in [7, 11) is 0. The van der Waals surface area contributed by atoms with E-state index in [-0.39, 0.29) is 5.82 Å². The lowest BCUT2D eigenvalue weighted by atomic mass is 9.65. The van der Waals surface area contributed by atoms with Crippen LogP contribution in [0.4, 0.5) is 8.78 Å². The van der Waals surface area contributed by atoms with Gasteiger partial charge in [0.25, 0.3) is 0 Å². The van der Waals surface area contributed by atoms with Gasteiger partial charge in [-0.3, -0.25) is 4.79 Å². The number of rotatable bonds is 2. The molecule has 0 bridgehead atoms. The molecule has 0 heterocycles. The molecular formula is C11H10F2O. The number of hydrogen-bond donors (Lipinski definition) is 0. The minimum Gasteiger partial charge on any atom is -0.260 e. The van der Waals surface area contributed by atoms with Crippen molar-refractivity contribution in [2.75, 3.05) is 0 Å². The molecule has 1 nitrogen and oxygen atoms in total. The first-order valence-corrected chi connectivity index (χ1v) is 4.61. The Morgan fingerprint density at radius 3 is 2.14 bits per heavy atom. The Bertz CT molecular complexity index is 352. The highest BCUT2D eigenvalue weighted by atomic mass is 19.1. The van der Waals surface area contributed by atoms with E-state index in [0.29, 0.717) is 18.4 Å². The van der Waals surface area contributed by atoms with Crippen molar-refractivity contribution in [2.24, 2.45) is 0 Å². The molecule has 0 saturated heterocycles. The molecule has 0 spiro atoms. The Morgan fingerprint density at radius 1 is 1.21 bits per heavy atom. The lowest BCUT2D eigenvalue weighted by Crippen LogP contribution is -2.40. The SMILES string of the molecule is O=C(F)C1(c2ccc(F)cc2)CCC1. The van der Waals surface area contributed by atoms with Gasteiger partial charge in [-0.05, 0) is 30.5 Å². The number of benzene rings is 1. The van der Waals surface area contributed by atoms with Crippen molar-refractivity contribution in [3.05, 3.63) is 35.6 Å². The van der Waals surface area contributed by atoms with Gasteiger partial charge in [-0.2, -0.15) is 4.39 Å². The van der Waals surface area contributed by atoms with Crippen LogP contribution in [0.5, 0.6) is 0 Å². The predicted octanol–water partition coefficient (Wildman–Crippen LogP) is 2.74. The fourth-order valence-corrected chi connectivity index (χ4v) is 1.90. The third-order valence-corrected chi connectivity index (χ3v) is 2.98. The lowest BCUT2D eigenvalue weighted by molar-refractivity contribution is -0.138. The van der Waals surface area contributed by atoms with Gasteiger partial charge in [0.05, 0.1) is 5.41 Å². The smallest absolute Gasteiger partial charge is 0.260 e. The molecule has 0 N–H and O–H groups in total. The number of halogens is 2. The zero-order valence-electron chi connectivity index (χ0n) is 7.59. The van der Waals surface area contributed by atoms with Crippen molar-refractivity contribution in [1.82, 2.24) is 0 Å². The molecule has 3 heteroatoms. The van der Waals surface area contributed by atoms with Gasteiger partial charge in [0, 0.05) is 0 Å². The summed E-state index contributed by atoms with van der Waals surface area (Å²) in [5.41, 5.74) is -0.370. The first-order valence-electron chi connectivity index (χ1n) is 4.61. The zero-order valence-corrected chi connectivity index (χ0v) is 7.59. The van der Waals surface area contributed by atoms with Crippen LogP contribution in [0.1, 0.15) is 24.8 Å². The molecule has 74 valence electrons. The monoisotopic (exact) mass is 196 g/mol. The fourth-order valence-electron chi connectivity index (χ4n) is 1.90. The van der Waals surface area contributed by atoms with Gasteiger partial charge in [-0.1, -0.05) is 18.6 Å². The van der Waals surface area contributed by atoms with Gasteiger partial charge >= 0.3 is 6.04 Å². The Hall–Kier alpha value is -1.25. The van der Waals surface area contributed by atoms with Crippen LogP contribution in [0.25, 0.3) is 0 Å². The Balaban J connectivity index is 2.37. The van der Waals surface area contributed by atoms with Gasteiger partial charge in [0.1, 0.15) is 5.82 Å². The van der Waals surface area contributed by atoms with Crippen LogP contribution in [-0.4, -0.2) is 6.04 Å². The van der Waals surface area contributed by atoms with Crippen molar-refractivity contribution in [1.29, 1.82) is 0 Å². The molecule has 1 aromatic rings. The first kappa shape index (κ1) is 9.31. The molecular weight excluding hydrogens is 186 g/mol. The molecule has 1 aliphatic carbocycles. The van der Waals surface area contributed by atoms with Crippen molar-refractivity contribution < 1.29 is 13.6 Å². The van der Waals surface area contributed by atoms with Gasteiger partial charge < -0.3 is 0 Å². The highest BCUT2D eigenvalue weighted by molar-refractivity contribution is 5.83. The predicted molar refractivity (Wildman–Crippen MR) is 48.0 cm³/mol. The fraction of sp³-hybridized carbons (Fsp3) is 0.364. The van der Waals surface area contributed by atoms with Gasteiger partial charge in [0.15, 0.2) is 0 Å². The molecule has 2 rings (SSSR count). The molecule has 0 aromatic heterocycles. The molecule has 1 fully saturated rings. The molecule has 0 amide bonds. The Kier molecular flexibility index (Phi) is 2.10. The van der Waals surface area contributed by atoms with Crippen LogP contribution >= 0.6 is 0 Å². The van der Waals surface area contributed by atoms with Gasteiger partial charge in [-0.25, -0.2) is 4.39 Å². The highest BCUT2D eigenvalue weighted by Crippen LogP contribution is 2.44. The Morgan fingerprint density at radius 2 is 1.79 bits per heavy atom. The van der Waals surface area contributed by atoms with Gasteiger partial charge in [-0.15, -0.1) is 0 Å². The maximum atomic E-state index is 12.9. The van der Waals surface area contributed by atoms with Crippen molar-refractivity contribution in [3.63, 3.8) is 0 Å². The van der Waals surface area contributed by atoms with E-state index < -0.39 is 11.5 Å². The van der Waals surface area contributed by atoms with Crippen LogP contribution in [-0.2, 0) is 10.2 Å². The van der Waals surface area contributed by atoms with Crippen LogP contribution in [0.3, 0.4) is 0 Å². The molecule has 14 heavy (non-hydrogen) atoms. The first-order chi connectivity index (χ1) is 6.65. The van der Waals surface area contributed by atoms with Crippen LogP contribution in [0, 0.1) is 5.82 Å². The average molecular weight is 196 g/mol. The second-order valence-electron chi connectivity index (χ2n) is 3.72. The Labute approximate surface area is 80.7 Å². The topological polar surface area (TPSA) is 17.1 Å². The van der Waals surface area contributed by atoms with Crippen LogP contribution in [0.2, 0.25) is 0 Å². The minimum atomic E-state index is -1.30. The summed E-state index contributed by atoms with van der Waals surface area (Å²) >= 11 is 0. The second kappa shape index (κ2) is 3.15. The van der Waals surface area contributed by atoms with E-state index in [9.17, 15) is 13.6 Å². The largest absolute Gasteiger partial charge is 0.311 e. The van der Waals surface area contributed by atoms with E-state index in [1.807, 2.05) is 0 Å². The summed E-state index contributed by atoms with van der Waals surface area (Å²) in [4.78, 5) is 10.9. The van der Waals surface area contributed by atoms with E-state index in [1.165, 1.54) is 24.3 Å². The summed E-state index contributed by atoms with van der Waals surface area (Å²) in [5, 5.41) is 0. The van der Waals surface area contributed by atoms with Crippen molar-refractivity contribution >= 4 is 6.04 Å². The molecule has 1 aromatic carbocycles. The van der Waals surface area contributed by atoms with E-state index in [4.69, 9.17) is 0 Å². The molecule has 0 unspecified atom stereocenters. The maximum Gasteiger partial charge on any atom is 0.311 e. The molecule has 1 saturated carbocycles. The van der Waals surface area contributed by atoms with Crippen LogP contribution < -0.4 is 0 Å². The summed E-state index contributed by atoms with van der Waals surface area (Å²) in [5.74, 6) is -0.366. The number of carbonyl (C=O) groups excluding carboxylic acids is 1. The normalized spacial score (nSPS) is 18.7. The lowest BCUT2D eigenvalue weighted by Gasteiger charge is -2.37. The molecule has 0 aliphatic heterocycles. The molecule has 0 atom stereocenters. The van der Waals surface area contributed by atoms with E-state index in [2.05, 4.69) is 0 Å². The van der Waals surface area contributed by atoms with Crippen LogP contribution in [0.15, 0.2) is 24.3 Å².